The fourth-order valence-corrected chi connectivity index (χ4v) is 2.67. The van der Waals surface area contributed by atoms with E-state index < -0.39 is 0 Å². The molecular weight excluding hydrogens is 330 g/mol. The molecule has 0 unspecified atom stereocenters. The molecule has 26 heavy (non-hydrogen) atoms. The molecule has 3 aromatic rings. The number of ether oxygens (including phenoxy) is 1. The summed E-state index contributed by atoms with van der Waals surface area (Å²) in [5, 5.41) is 26.1. The molecule has 0 aliphatic rings. The van der Waals surface area contributed by atoms with Gasteiger partial charge in [-0.2, -0.15) is 5.10 Å². The minimum absolute atomic E-state index is 0.00293. The van der Waals surface area contributed by atoms with Crippen molar-refractivity contribution in [2.45, 2.75) is 6.42 Å². The van der Waals surface area contributed by atoms with Gasteiger partial charge in [-0.05, 0) is 50.3 Å². The fraction of sp³-hybridized carbons (Fsp3) is 0.222. The van der Waals surface area contributed by atoms with E-state index in [0.29, 0.717) is 12.2 Å². The van der Waals surface area contributed by atoms with E-state index >= 15 is 0 Å². The van der Waals surface area contributed by atoms with Gasteiger partial charge in [0.15, 0.2) is 5.84 Å². The quantitative estimate of drug-likeness (QED) is 0.130. The van der Waals surface area contributed by atoms with E-state index in [-0.39, 0.29) is 5.84 Å². The molecular formula is C18H21N7O. The standard InChI is InChI=1S/C18H21N7O/c1-21-8-3-9-26-14-5-2-4-12(10-14)17-15-11-13(18(19)24-25-20)6-7-16(15)22-23-17/h2,4-7,10-11,21H,3,8-9H2,1H3,(H,22,23)(H3,19,20,24). The number of rotatable bonds is 7. The summed E-state index contributed by atoms with van der Waals surface area (Å²) < 4.78 is 5.80. The van der Waals surface area contributed by atoms with Gasteiger partial charge in [-0.15, -0.1) is 5.11 Å². The Hall–Kier alpha value is -3.26. The molecule has 0 bridgehead atoms. The van der Waals surface area contributed by atoms with E-state index in [1.165, 1.54) is 0 Å². The van der Waals surface area contributed by atoms with Crippen LogP contribution in [0.2, 0.25) is 0 Å². The lowest BCUT2D eigenvalue weighted by atomic mass is 10.0. The maximum absolute atomic E-state index is 7.88. The molecule has 0 spiro atoms. The van der Waals surface area contributed by atoms with Gasteiger partial charge in [0.05, 0.1) is 12.1 Å². The smallest absolute Gasteiger partial charge is 0.176 e. The molecule has 0 radical (unpaired) electrons. The minimum atomic E-state index is 0.00293. The zero-order valence-electron chi connectivity index (χ0n) is 14.5. The van der Waals surface area contributed by atoms with Gasteiger partial charge in [0, 0.05) is 16.5 Å². The maximum Gasteiger partial charge on any atom is 0.176 e. The van der Waals surface area contributed by atoms with Gasteiger partial charge >= 0.3 is 0 Å². The first-order valence-electron chi connectivity index (χ1n) is 8.28. The normalized spacial score (nSPS) is 11.3. The van der Waals surface area contributed by atoms with Gasteiger partial charge in [-0.25, -0.2) is 0 Å². The lowest BCUT2D eigenvalue weighted by molar-refractivity contribution is 0.310. The van der Waals surface area contributed by atoms with Crippen LogP contribution < -0.4 is 15.9 Å². The number of hydrogen-bond donors (Lipinski definition) is 4. The molecule has 3 rings (SSSR count). The molecule has 0 saturated heterocycles. The molecule has 8 nitrogen and oxygen atoms in total. The van der Waals surface area contributed by atoms with Gasteiger partial charge < -0.3 is 15.9 Å². The van der Waals surface area contributed by atoms with E-state index in [4.69, 9.17) is 16.0 Å². The average molecular weight is 351 g/mol. The van der Waals surface area contributed by atoms with Crippen LogP contribution in [0.4, 0.5) is 0 Å². The second kappa shape index (κ2) is 8.21. The second-order valence-corrected chi connectivity index (χ2v) is 5.73. The summed E-state index contributed by atoms with van der Waals surface area (Å²) in [6, 6.07) is 13.3. The van der Waals surface area contributed by atoms with Gasteiger partial charge in [0.1, 0.15) is 11.4 Å². The number of nitrogens with two attached hydrogens (primary N) is 1. The van der Waals surface area contributed by atoms with E-state index in [1.54, 1.807) is 6.07 Å². The fourth-order valence-electron chi connectivity index (χ4n) is 2.67. The molecule has 134 valence electrons. The highest BCUT2D eigenvalue weighted by Gasteiger charge is 2.11. The van der Waals surface area contributed by atoms with Crippen molar-refractivity contribution >= 4 is 16.7 Å². The third kappa shape index (κ3) is 3.86. The number of aromatic amines is 1. The molecule has 0 fully saturated rings. The van der Waals surface area contributed by atoms with E-state index in [1.807, 2.05) is 43.4 Å². The molecule has 1 aromatic heterocycles. The summed E-state index contributed by atoms with van der Waals surface area (Å²) in [6.45, 7) is 1.57. The van der Waals surface area contributed by atoms with Crippen molar-refractivity contribution in [2.24, 2.45) is 16.2 Å². The maximum atomic E-state index is 7.88. The summed E-state index contributed by atoms with van der Waals surface area (Å²) in [5.74, 6) is 5.84. The average Bonchev–Trinajstić information content (AvgIpc) is 3.09. The van der Waals surface area contributed by atoms with Gasteiger partial charge in [0.25, 0.3) is 0 Å². The topological polar surface area (TPSA) is 125 Å². The van der Waals surface area contributed by atoms with Crippen LogP contribution in [0.5, 0.6) is 5.75 Å². The number of H-pyrrole nitrogens is 1. The van der Waals surface area contributed by atoms with Crippen molar-refractivity contribution in [2.75, 3.05) is 20.2 Å². The number of aromatic nitrogens is 2. The largest absolute Gasteiger partial charge is 0.494 e. The molecule has 2 aromatic carbocycles. The van der Waals surface area contributed by atoms with Crippen molar-refractivity contribution in [3.63, 3.8) is 0 Å². The molecule has 0 amide bonds. The lowest BCUT2D eigenvalue weighted by Crippen LogP contribution is -2.11. The van der Waals surface area contributed by atoms with Crippen molar-refractivity contribution < 1.29 is 4.74 Å². The SMILES string of the molecule is CNCCCOc1cccc(-c2n[nH]c3ccc(C(=N)N=NN)cc23)c1. The van der Waals surface area contributed by atoms with Crippen molar-refractivity contribution in [1.29, 1.82) is 5.41 Å². The summed E-state index contributed by atoms with van der Waals surface area (Å²) in [5.41, 5.74) is 3.22. The number of hydrogen-bond acceptors (Lipinski definition) is 5. The summed E-state index contributed by atoms with van der Waals surface area (Å²) in [6.07, 6.45) is 0.938. The zero-order chi connectivity index (χ0) is 18.4. The van der Waals surface area contributed by atoms with Crippen molar-refractivity contribution in [3.05, 3.63) is 48.0 Å². The Morgan fingerprint density at radius 2 is 2.19 bits per heavy atom. The minimum Gasteiger partial charge on any atom is -0.494 e. The van der Waals surface area contributed by atoms with E-state index in [0.717, 1.165) is 40.9 Å². The third-order valence-electron chi connectivity index (χ3n) is 3.94. The first kappa shape index (κ1) is 17.6. The number of amidine groups is 1. The Balaban J connectivity index is 1.90. The Kier molecular flexibility index (Phi) is 5.55. The number of benzene rings is 2. The molecule has 0 aliphatic carbocycles. The summed E-state index contributed by atoms with van der Waals surface area (Å²) >= 11 is 0. The van der Waals surface area contributed by atoms with Gasteiger partial charge in [0.2, 0.25) is 0 Å². The highest BCUT2D eigenvalue weighted by molar-refractivity contribution is 6.02. The Labute approximate surface area is 150 Å². The van der Waals surface area contributed by atoms with Crippen LogP contribution in [0.25, 0.3) is 22.2 Å². The third-order valence-corrected chi connectivity index (χ3v) is 3.94. The van der Waals surface area contributed by atoms with Crippen LogP contribution in [0.1, 0.15) is 12.0 Å². The Morgan fingerprint density at radius 1 is 1.31 bits per heavy atom. The van der Waals surface area contributed by atoms with E-state index in [9.17, 15) is 0 Å². The van der Waals surface area contributed by atoms with Crippen LogP contribution in [0, 0.1) is 5.41 Å². The molecule has 1 heterocycles. The van der Waals surface area contributed by atoms with Gasteiger partial charge in [-0.1, -0.05) is 17.4 Å². The predicted molar refractivity (Wildman–Crippen MR) is 101 cm³/mol. The number of nitrogens with one attached hydrogen (secondary N) is 3. The molecule has 0 saturated carbocycles. The predicted octanol–water partition coefficient (Wildman–Crippen LogP) is 2.87. The van der Waals surface area contributed by atoms with Crippen LogP contribution in [-0.2, 0) is 0 Å². The van der Waals surface area contributed by atoms with Crippen LogP contribution in [0.3, 0.4) is 0 Å². The molecule has 0 atom stereocenters. The summed E-state index contributed by atoms with van der Waals surface area (Å²) in [4.78, 5) is 0. The van der Waals surface area contributed by atoms with Crippen LogP contribution in [-0.4, -0.2) is 36.2 Å². The number of fused-ring (bicyclic) bond motifs is 1. The first-order chi connectivity index (χ1) is 12.7. The van der Waals surface area contributed by atoms with Gasteiger partial charge in [-0.3, -0.25) is 10.5 Å². The van der Waals surface area contributed by atoms with Crippen molar-refractivity contribution in [3.8, 4) is 17.0 Å². The van der Waals surface area contributed by atoms with Crippen molar-refractivity contribution in [1.82, 2.24) is 15.5 Å². The summed E-state index contributed by atoms with van der Waals surface area (Å²) in [7, 11) is 1.92. The van der Waals surface area contributed by atoms with E-state index in [2.05, 4.69) is 25.9 Å². The van der Waals surface area contributed by atoms with Crippen LogP contribution in [0.15, 0.2) is 52.8 Å². The highest BCUT2D eigenvalue weighted by Crippen LogP contribution is 2.29. The second-order valence-electron chi connectivity index (χ2n) is 5.73. The lowest BCUT2D eigenvalue weighted by Gasteiger charge is -2.07. The molecule has 5 N–H and O–H groups in total. The highest BCUT2D eigenvalue weighted by atomic mass is 16.5. The zero-order valence-corrected chi connectivity index (χ0v) is 14.5. The monoisotopic (exact) mass is 351 g/mol. The Morgan fingerprint density at radius 3 is 3.00 bits per heavy atom. The Bertz CT molecular complexity index is 932. The van der Waals surface area contributed by atoms with Crippen LogP contribution >= 0.6 is 0 Å². The first-order valence-corrected chi connectivity index (χ1v) is 8.28. The number of nitrogens with zero attached hydrogens (tertiary/aromatic N) is 3. The molecule has 8 heteroatoms. The molecule has 0 aliphatic heterocycles.